The molecule has 1 rings (SSSR count). The summed E-state index contributed by atoms with van der Waals surface area (Å²) in [6, 6.07) is 8.04. The van der Waals surface area contributed by atoms with Gasteiger partial charge >= 0.3 is 0 Å². The van der Waals surface area contributed by atoms with Gasteiger partial charge in [0.1, 0.15) is 5.75 Å². The van der Waals surface area contributed by atoms with Crippen LogP contribution in [0.1, 0.15) is 38.7 Å². The zero-order valence-corrected chi connectivity index (χ0v) is 13.0. The molecule has 0 N–H and O–H groups in total. The van der Waals surface area contributed by atoms with Gasteiger partial charge in [-0.05, 0) is 48.1 Å². The Balaban J connectivity index is 0.000000494. The molecule has 0 amide bonds. The van der Waals surface area contributed by atoms with E-state index in [-0.39, 0.29) is 0 Å². The Hall–Kier alpha value is -0.890. The third kappa shape index (κ3) is 7.44. The molecule has 18 heavy (non-hydrogen) atoms. The van der Waals surface area contributed by atoms with Crippen LogP contribution in [0.2, 0.25) is 0 Å². The molecule has 0 saturated heterocycles. The maximum absolute atomic E-state index is 5.08. The fraction of sp³-hybridized carbons (Fsp3) is 0.500. The van der Waals surface area contributed by atoms with Crippen LogP contribution in [0.3, 0.4) is 0 Å². The first-order valence-corrected chi connectivity index (χ1v) is 7.90. The van der Waals surface area contributed by atoms with E-state index in [1.807, 2.05) is 23.9 Å². The number of hydrogen-bond acceptors (Lipinski definition) is 2. The van der Waals surface area contributed by atoms with E-state index in [2.05, 4.69) is 38.8 Å². The number of methoxy groups -OCH3 is 1. The molecule has 0 heterocycles. The van der Waals surface area contributed by atoms with Crippen LogP contribution < -0.4 is 4.74 Å². The maximum Gasteiger partial charge on any atom is 0.118 e. The Bertz CT molecular complexity index is 314. The fourth-order valence-corrected chi connectivity index (χ4v) is 1.89. The average Bonchev–Trinajstić information content (AvgIpc) is 2.41. The molecule has 0 aromatic heterocycles. The van der Waals surface area contributed by atoms with Gasteiger partial charge in [0.15, 0.2) is 0 Å². The lowest BCUT2D eigenvalue weighted by Gasteiger charge is -2.05. The van der Waals surface area contributed by atoms with Gasteiger partial charge < -0.3 is 4.74 Å². The molecule has 102 valence electrons. The second-order valence-corrected chi connectivity index (χ2v) is 5.06. The zero-order chi connectivity index (χ0) is 13.8. The average molecular weight is 266 g/mol. The number of allylic oxidation sites excluding steroid dienone is 1. The lowest BCUT2D eigenvalue weighted by atomic mass is 10.0. The molecule has 0 radical (unpaired) electrons. The molecule has 0 aliphatic carbocycles. The predicted molar refractivity (Wildman–Crippen MR) is 85.6 cm³/mol. The largest absolute Gasteiger partial charge is 0.497 e. The van der Waals surface area contributed by atoms with Crippen LogP contribution in [-0.2, 0) is 0 Å². The summed E-state index contributed by atoms with van der Waals surface area (Å²) >= 11 is 1.90. The van der Waals surface area contributed by atoms with Gasteiger partial charge in [0.05, 0.1) is 7.11 Å². The standard InChI is InChI=1S/C12H16O.C4H10S/c1-4-5-10(2)11-6-8-12(13-3)9-7-11;1-3-4-5-2/h6-9H,2,4-5H2,1,3H3;3-4H2,1-2H3. The van der Waals surface area contributed by atoms with Gasteiger partial charge in [-0.3, -0.25) is 0 Å². The Morgan fingerprint density at radius 2 is 1.78 bits per heavy atom. The van der Waals surface area contributed by atoms with E-state index >= 15 is 0 Å². The molecular formula is C16H26OS. The molecule has 0 spiro atoms. The molecule has 0 fully saturated rings. The van der Waals surface area contributed by atoms with Crippen molar-refractivity contribution >= 4 is 17.3 Å². The fourth-order valence-electron chi connectivity index (χ4n) is 1.48. The maximum atomic E-state index is 5.08. The number of thioether (sulfide) groups is 1. The quantitative estimate of drug-likeness (QED) is 0.694. The summed E-state index contributed by atoms with van der Waals surface area (Å²) < 4.78 is 5.08. The first-order valence-electron chi connectivity index (χ1n) is 6.50. The van der Waals surface area contributed by atoms with E-state index in [0.717, 1.165) is 18.6 Å². The van der Waals surface area contributed by atoms with Crippen molar-refractivity contribution in [3.05, 3.63) is 36.4 Å². The van der Waals surface area contributed by atoms with Crippen molar-refractivity contribution < 1.29 is 4.74 Å². The number of hydrogen-bond donors (Lipinski definition) is 0. The molecule has 0 unspecified atom stereocenters. The highest BCUT2D eigenvalue weighted by atomic mass is 32.2. The summed E-state index contributed by atoms with van der Waals surface area (Å²) in [7, 11) is 1.68. The van der Waals surface area contributed by atoms with Gasteiger partial charge in [-0.2, -0.15) is 11.8 Å². The van der Waals surface area contributed by atoms with Gasteiger partial charge in [-0.15, -0.1) is 0 Å². The molecule has 0 bridgehead atoms. The number of ether oxygens (including phenoxy) is 1. The zero-order valence-electron chi connectivity index (χ0n) is 12.2. The Morgan fingerprint density at radius 1 is 1.17 bits per heavy atom. The Kier molecular flexibility index (Phi) is 10.7. The smallest absolute Gasteiger partial charge is 0.118 e. The van der Waals surface area contributed by atoms with Gasteiger partial charge in [0, 0.05) is 0 Å². The third-order valence-electron chi connectivity index (χ3n) is 2.46. The van der Waals surface area contributed by atoms with E-state index < -0.39 is 0 Å². The summed E-state index contributed by atoms with van der Waals surface area (Å²) in [5.41, 5.74) is 2.41. The van der Waals surface area contributed by atoms with Crippen LogP contribution in [0.25, 0.3) is 5.57 Å². The number of rotatable bonds is 6. The molecule has 2 heteroatoms. The lowest BCUT2D eigenvalue weighted by Crippen LogP contribution is -1.85. The van der Waals surface area contributed by atoms with Crippen molar-refractivity contribution in [3.8, 4) is 5.75 Å². The van der Waals surface area contributed by atoms with Crippen LogP contribution in [0.15, 0.2) is 30.8 Å². The van der Waals surface area contributed by atoms with Crippen molar-refractivity contribution in [2.45, 2.75) is 33.1 Å². The van der Waals surface area contributed by atoms with Crippen LogP contribution in [-0.4, -0.2) is 19.1 Å². The summed E-state index contributed by atoms with van der Waals surface area (Å²) in [5.74, 6) is 2.20. The van der Waals surface area contributed by atoms with Gasteiger partial charge in [0.2, 0.25) is 0 Å². The van der Waals surface area contributed by atoms with Crippen molar-refractivity contribution in [3.63, 3.8) is 0 Å². The molecule has 0 atom stereocenters. The minimum absolute atomic E-state index is 0.896. The highest BCUT2D eigenvalue weighted by Gasteiger charge is 1.97. The van der Waals surface area contributed by atoms with E-state index in [1.54, 1.807) is 7.11 Å². The van der Waals surface area contributed by atoms with E-state index in [9.17, 15) is 0 Å². The SMILES string of the molecule is C=C(CCC)c1ccc(OC)cc1.CCCSC. The molecule has 1 aromatic carbocycles. The minimum atomic E-state index is 0.896. The van der Waals surface area contributed by atoms with Crippen molar-refractivity contribution in [2.24, 2.45) is 0 Å². The van der Waals surface area contributed by atoms with Crippen molar-refractivity contribution in [1.82, 2.24) is 0 Å². The molecule has 1 nitrogen and oxygen atoms in total. The van der Waals surface area contributed by atoms with Crippen molar-refractivity contribution in [1.29, 1.82) is 0 Å². The second kappa shape index (κ2) is 11.2. The summed E-state index contributed by atoms with van der Waals surface area (Å²) in [5, 5.41) is 0. The van der Waals surface area contributed by atoms with Crippen LogP contribution in [0.5, 0.6) is 5.75 Å². The van der Waals surface area contributed by atoms with E-state index in [4.69, 9.17) is 4.74 Å². The van der Waals surface area contributed by atoms with E-state index in [1.165, 1.54) is 23.3 Å². The summed E-state index contributed by atoms with van der Waals surface area (Å²) in [6.45, 7) is 8.38. The van der Waals surface area contributed by atoms with Crippen LogP contribution in [0, 0.1) is 0 Å². The Morgan fingerprint density at radius 3 is 2.11 bits per heavy atom. The number of benzene rings is 1. The molecule has 0 aliphatic heterocycles. The van der Waals surface area contributed by atoms with Crippen molar-refractivity contribution in [2.75, 3.05) is 19.1 Å². The third-order valence-corrected chi connectivity index (χ3v) is 3.27. The Labute approximate surface area is 117 Å². The summed E-state index contributed by atoms with van der Waals surface area (Å²) in [4.78, 5) is 0. The second-order valence-electron chi connectivity index (χ2n) is 4.07. The lowest BCUT2D eigenvalue weighted by molar-refractivity contribution is 0.415. The topological polar surface area (TPSA) is 9.23 Å². The monoisotopic (exact) mass is 266 g/mol. The van der Waals surface area contributed by atoms with E-state index in [0.29, 0.717) is 0 Å². The normalized spacial score (nSPS) is 9.33. The van der Waals surface area contributed by atoms with Crippen LogP contribution in [0.4, 0.5) is 0 Å². The predicted octanol–water partition coefficient (Wildman–Crippen LogP) is 5.27. The molecule has 0 saturated carbocycles. The van der Waals surface area contributed by atoms with Crippen LogP contribution >= 0.6 is 11.8 Å². The first-order chi connectivity index (χ1) is 8.69. The van der Waals surface area contributed by atoms with Gasteiger partial charge in [-0.25, -0.2) is 0 Å². The van der Waals surface area contributed by atoms with Gasteiger partial charge in [-0.1, -0.05) is 39.0 Å². The van der Waals surface area contributed by atoms with Gasteiger partial charge in [0.25, 0.3) is 0 Å². The minimum Gasteiger partial charge on any atom is -0.497 e. The molecule has 0 aliphatic rings. The molecule has 1 aromatic rings. The molecular weight excluding hydrogens is 240 g/mol. The highest BCUT2D eigenvalue weighted by molar-refractivity contribution is 7.98. The highest BCUT2D eigenvalue weighted by Crippen LogP contribution is 2.20. The summed E-state index contributed by atoms with van der Waals surface area (Å²) in [6.07, 6.45) is 5.64. The first kappa shape index (κ1) is 17.1.